The van der Waals surface area contributed by atoms with Gasteiger partial charge >= 0.3 is 10.2 Å². The normalized spacial score (nSPS) is 17.4. The van der Waals surface area contributed by atoms with E-state index in [1.807, 2.05) is 38.1 Å². The van der Waals surface area contributed by atoms with Crippen LogP contribution in [-0.2, 0) is 10.2 Å². The lowest BCUT2D eigenvalue weighted by Crippen LogP contribution is -2.52. The molecule has 1 aliphatic rings. The second-order valence-corrected chi connectivity index (χ2v) is 6.46. The maximum absolute atomic E-state index is 12.7. The molecule has 1 aliphatic heterocycles. The number of aryl methyl sites for hydroxylation is 1. The summed E-state index contributed by atoms with van der Waals surface area (Å²) in [4.78, 5) is 0. The number of anilines is 1. The monoisotopic (exact) mass is 283 g/mol. The van der Waals surface area contributed by atoms with E-state index in [0.717, 1.165) is 11.3 Å². The summed E-state index contributed by atoms with van der Waals surface area (Å²) in [6.45, 7) is 6.74. The lowest BCUT2D eigenvalue weighted by molar-refractivity contribution is 0.359. The molecule has 1 saturated heterocycles. The molecule has 0 amide bonds. The van der Waals surface area contributed by atoms with Crippen molar-refractivity contribution in [2.24, 2.45) is 0 Å². The molecule has 2 rings (SSSR count). The molecule has 0 bridgehead atoms. The van der Waals surface area contributed by atoms with Gasteiger partial charge in [-0.05, 0) is 25.5 Å². The molecular formula is C13H21N3O2S. The summed E-state index contributed by atoms with van der Waals surface area (Å²) < 4.78 is 28.4. The number of piperazine rings is 1. The average molecular weight is 283 g/mol. The van der Waals surface area contributed by atoms with Gasteiger partial charge in [0, 0.05) is 32.7 Å². The van der Waals surface area contributed by atoms with Gasteiger partial charge in [0.05, 0.1) is 5.69 Å². The Labute approximate surface area is 115 Å². The van der Waals surface area contributed by atoms with Crippen molar-refractivity contribution >= 4 is 15.9 Å². The second-order valence-electron chi connectivity index (χ2n) is 4.61. The van der Waals surface area contributed by atoms with Crippen LogP contribution in [0.1, 0.15) is 12.5 Å². The van der Waals surface area contributed by atoms with Gasteiger partial charge in [-0.3, -0.25) is 4.31 Å². The maximum atomic E-state index is 12.7. The van der Waals surface area contributed by atoms with Gasteiger partial charge in [0.25, 0.3) is 0 Å². The summed E-state index contributed by atoms with van der Waals surface area (Å²) in [7, 11) is -3.42. The summed E-state index contributed by atoms with van der Waals surface area (Å²) in [5.41, 5.74) is 1.74. The van der Waals surface area contributed by atoms with Crippen LogP contribution >= 0.6 is 0 Å². The Morgan fingerprint density at radius 3 is 2.47 bits per heavy atom. The van der Waals surface area contributed by atoms with Crippen LogP contribution in [0.4, 0.5) is 5.69 Å². The first-order valence-electron chi connectivity index (χ1n) is 6.61. The highest BCUT2D eigenvalue weighted by atomic mass is 32.2. The topological polar surface area (TPSA) is 52.7 Å². The molecule has 5 nitrogen and oxygen atoms in total. The van der Waals surface area contributed by atoms with E-state index < -0.39 is 10.2 Å². The van der Waals surface area contributed by atoms with Crippen LogP contribution in [0.5, 0.6) is 0 Å². The minimum absolute atomic E-state index is 0.442. The van der Waals surface area contributed by atoms with Crippen LogP contribution in [0.25, 0.3) is 0 Å². The van der Waals surface area contributed by atoms with Crippen molar-refractivity contribution in [3.05, 3.63) is 29.8 Å². The van der Waals surface area contributed by atoms with E-state index in [9.17, 15) is 8.42 Å². The van der Waals surface area contributed by atoms with E-state index in [4.69, 9.17) is 0 Å². The van der Waals surface area contributed by atoms with Crippen LogP contribution in [0.3, 0.4) is 0 Å². The number of nitrogens with zero attached hydrogens (tertiary/aromatic N) is 2. The predicted molar refractivity (Wildman–Crippen MR) is 77.6 cm³/mol. The zero-order chi connectivity index (χ0) is 13.9. The third-order valence-corrected chi connectivity index (χ3v) is 5.38. The molecule has 0 spiro atoms. The Bertz CT molecular complexity index is 524. The molecular weight excluding hydrogens is 262 g/mol. The number of nitrogens with one attached hydrogen (secondary N) is 1. The van der Waals surface area contributed by atoms with Crippen molar-refractivity contribution < 1.29 is 8.42 Å². The molecule has 1 aromatic carbocycles. The molecule has 1 aromatic rings. The van der Waals surface area contributed by atoms with Gasteiger partial charge in [0.1, 0.15) is 0 Å². The first kappa shape index (κ1) is 14.3. The fourth-order valence-corrected chi connectivity index (χ4v) is 4.02. The van der Waals surface area contributed by atoms with Crippen LogP contribution in [0.15, 0.2) is 24.3 Å². The molecule has 0 atom stereocenters. The van der Waals surface area contributed by atoms with Crippen LogP contribution < -0.4 is 9.62 Å². The number of hydrogen-bond acceptors (Lipinski definition) is 3. The molecule has 1 fully saturated rings. The predicted octanol–water partition coefficient (Wildman–Crippen LogP) is 0.971. The molecule has 106 valence electrons. The van der Waals surface area contributed by atoms with Gasteiger partial charge in [-0.2, -0.15) is 12.7 Å². The Morgan fingerprint density at radius 1 is 1.26 bits per heavy atom. The highest BCUT2D eigenvalue weighted by molar-refractivity contribution is 7.90. The molecule has 1 N–H and O–H groups in total. The Morgan fingerprint density at radius 2 is 1.89 bits per heavy atom. The minimum Gasteiger partial charge on any atom is -0.314 e. The van der Waals surface area contributed by atoms with E-state index in [-0.39, 0.29) is 0 Å². The Hall–Kier alpha value is -1.11. The van der Waals surface area contributed by atoms with Gasteiger partial charge in [-0.25, -0.2) is 0 Å². The van der Waals surface area contributed by atoms with Crippen molar-refractivity contribution in [1.29, 1.82) is 0 Å². The molecule has 0 aliphatic carbocycles. The lowest BCUT2D eigenvalue weighted by atomic mass is 10.2. The number of rotatable bonds is 4. The largest absolute Gasteiger partial charge is 0.314 e. The molecule has 1 heterocycles. The minimum atomic E-state index is -3.42. The quantitative estimate of drug-likeness (QED) is 0.896. The summed E-state index contributed by atoms with van der Waals surface area (Å²) in [5.74, 6) is 0. The summed E-state index contributed by atoms with van der Waals surface area (Å²) in [5, 5.41) is 3.17. The van der Waals surface area contributed by atoms with Crippen LogP contribution in [0.2, 0.25) is 0 Å². The third-order valence-electron chi connectivity index (χ3n) is 3.35. The fourth-order valence-electron chi connectivity index (χ4n) is 2.32. The maximum Gasteiger partial charge on any atom is 0.304 e. The first-order chi connectivity index (χ1) is 9.07. The van der Waals surface area contributed by atoms with Gasteiger partial charge in [-0.1, -0.05) is 18.2 Å². The van der Waals surface area contributed by atoms with Gasteiger partial charge in [0.15, 0.2) is 0 Å². The van der Waals surface area contributed by atoms with E-state index in [0.29, 0.717) is 32.7 Å². The van der Waals surface area contributed by atoms with Crippen molar-refractivity contribution in [2.45, 2.75) is 13.8 Å². The molecule has 6 heteroatoms. The zero-order valence-corrected chi connectivity index (χ0v) is 12.3. The van der Waals surface area contributed by atoms with Gasteiger partial charge in [0.2, 0.25) is 0 Å². The molecule has 0 saturated carbocycles. The molecule has 0 unspecified atom stereocenters. The fraction of sp³-hybridized carbons (Fsp3) is 0.538. The van der Waals surface area contributed by atoms with E-state index in [1.165, 1.54) is 4.31 Å². The number of para-hydroxylation sites is 1. The van der Waals surface area contributed by atoms with Gasteiger partial charge in [-0.15, -0.1) is 0 Å². The first-order valence-corrected chi connectivity index (χ1v) is 8.01. The lowest BCUT2D eigenvalue weighted by Gasteiger charge is -2.33. The van der Waals surface area contributed by atoms with E-state index >= 15 is 0 Å². The highest BCUT2D eigenvalue weighted by Crippen LogP contribution is 2.24. The van der Waals surface area contributed by atoms with Crippen molar-refractivity contribution in [3.63, 3.8) is 0 Å². The summed E-state index contributed by atoms with van der Waals surface area (Å²) >= 11 is 0. The smallest absolute Gasteiger partial charge is 0.304 e. The summed E-state index contributed by atoms with van der Waals surface area (Å²) in [6, 6.07) is 7.59. The molecule has 0 aromatic heterocycles. The van der Waals surface area contributed by atoms with Crippen LogP contribution in [-0.4, -0.2) is 45.4 Å². The number of hydrogen-bond donors (Lipinski definition) is 1. The second kappa shape index (κ2) is 5.90. The van der Waals surface area contributed by atoms with Gasteiger partial charge < -0.3 is 5.32 Å². The summed E-state index contributed by atoms with van der Waals surface area (Å²) in [6.07, 6.45) is 0. The van der Waals surface area contributed by atoms with Crippen molar-refractivity contribution in [2.75, 3.05) is 37.0 Å². The molecule has 19 heavy (non-hydrogen) atoms. The van der Waals surface area contributed by atoms with E-state index in [1.54, 1.807) is 4.31 Å². The van der Waals surface area contributed by atoms with Crippen LogP contribution in [0, 0.1) is 6.92 Å². The third kappa shape index (κ3) is 2.91. The van der Waals surface area contributed by atoms with E-state index in [2.05, 4.69) is 5.32 Å². The average Bonchev–Trinajstić information content (AvgIpc) is 2.42. The zero-order valence-electron chi connectivity index (χ0n) is 11.5. The van der Waals surface area contributed by atoms with Crippen molar-refractivity contribution in [1.82, 2.24) is 9.62 Å². The van der Waals surface area contributed by atoms with Crippen molar-refractivity contribution in [3.8, 4) is 0 Å². The Balaban J connectivity index is 2.33. The highest BCUT2D eigenvalue weighted by Gasteiger charge is 2.30. The Kier molecular flexibility index (Phi) is 4.44. The standard InChI is InChI=1S/C13H21N3O2S/c1-3-16(13-7-5-4-6-12(13)2)19(17,18)15-10-8-14-9-11-15/h4-7,14H,3,8-11H2,1-2H3. The number of benzene rings is 1. The molecule has 0 radical (unpaired) electrons. The SMILES string of the molecule is CCN(c1ccccc1C)S(=O)(=O)N1CCNCC1.